The Labute approximate surface area is 233 Å². The van der Waals surface area contributed by atoms with Gasteiger partial charge in [0.05, 0.1) is 12.1 Å². The Bertz CT molecular complexity index is 1060. The van der Waals surface area contributed by atoms with E-state index in [1.165, 1.54) is 0 Å². The van der Waals surface area contributed by atoms with Gasteiger partial charge in [-0.05, 0) is 49.8 Å². The minimum atomic E-state index is -0.726. The van der Waals surface area contributed by atoms with Crippen LogP contribution in [0.2, 0.25) is 0 Å². The Hall–Kier alpha value is -3.17. The summed E-state index contributed by atoms with van der Waals surface area (Å²) in [7, 11) is 5.59. The van der Waals surface area contributed by atoms with Gasteiger partial charge in [0, 0.05) is 18.5 Å². The van der Waals surface area contributed by atoms with Crippen LogP contribution in [-0.4, -0.2) is 67.9 Å². The van der Waals surface area contributed by atoms with Crippen LogP contribution in [0.15, 0.2) is 60.7 Å². The highest BCUT2D eigenvalue weighted by molar-refractivity contribution is 6.07. The van der Waals surface area contributed by atoms with E-state index < -0.39 is 18.1 Å². The molecule has 0 aromatic heterocycles. The minimum Gasteiger partial charge on any atom is -0.356 e. The zero-order valence-electron chi connectivity index (χ0n) is 22.9. The van der Waals surface area contributed by atoms with Crippen molar-refractivity contribution >= 4 is 25.7 Å². The first-order valence-electron chi connectivity index (χ1n) is 14.2. The van der Waals surface area contributed by atoms with Gasteiger partial charge in [-0.1, -0.05) is 74.5 Å². The lowest BCUT2D eigenvalue weighted by Crippen LogP contribution is -2.59. The lowest BCUT2D eigenvalue weighted by atomic mass is 9.92. The van der Waals surface area contributed by atoms with Gasteiger partial charge in [-0.15, -0.1) is 0 Å². The van der Waals surface area contributed by atoms with Crippen LogP contribution < -0.4 is 21.2 Å². The van der Waals surface area contributed by atoms with Gasteiger partial charge in [-0.25, -0.2) is 0 Å². The van der Waals surface area contributed by atoms with Crippen molar-refractivity contribution in [1.82, 2.24) is 26.1 Å². The van der Waals surface area contributed by atoms with Crippen LogP contribution >= 0.6 is 0 Å². The van der Waals surface area contributed by atoms with Crippen LogP contribution in [-0.2, 0) is 14.4 Å². The van der Waals surface area contributed by atoms with Crippen LogP contribution in [0.4, 0.5) is 0 Å². The van der Waals surface area contributed by atoms with Crippen LogP contribution in [0, 0.1) is 5.92 Å². The number of nitrogens with zero attached hydrogens (tertiary/aromatic N) is 1. The fourth-order valence-corrected chi connectivity index (χ4v) is 5.94. The summed E-state index contributed by atoms with van der Waals surface area (Å²) in [5.74, 6) is -0.734. The fraction of sp³-hybridized carbons (Fsp3) is 0.500. The molecule has 2 aromatic carbocycles. The van der Waals surface area contributed by atoms with Crippen LogP contribution in [0.1, 0.15) is 63.1 Å². The van der Waals surface area contributed by atoms with Gasteiger partial charge in [-0.3, -0.25) is 14.4 Å². The number of fused-ring (bicyclic) bond motifs is 1. The molecule has 2 aromatic rings. The second-order valence-electron chi connectivity index (χ2n) is 10.5. The van der Waals surface area contributed by atoms with Crippen molar-refractivity contribution in [3.63, 3.8) is 0 Å². The molecule has 4 N–H and O–H groups in total. The summed E-state index contributed by atoms with van der Waals surface area (Å²) in [4.78, 5) is 42.7. The number of hydrogen-bond donors (Lipinski definition) is 4. The average Bonchev–Trinajstić information content (AvgIpc) is 3.35. The van der Waals surface area contributed by atoms with E-state index in [0.717, 1.165) is 36.9 Å². The SMILES string of the molecule is [B]N[C@@H](CC)C(=O)N[C@@H]1C(=O)N2[C@@H](CC[C@@H]1CNCC)CC[C@H]2C(=O)NC(c1ccccc1)c1ccccc1. The van der Waals surface area contributed by atoms with Crippen molar-refractivity contribution in [2.75, 3.05) is 13.1 Å². The van der Waals surface area contributed by atoms with E-state index in [1.54, 1.807) is 4.90 Å². The Balaban J connectivity index is 1.59. The molecule has 9 heteroatoms. The molecule has 0 aliphatic carbocycles. The molecule has 0 bridgehead atoms. The molecule has 2 saturated heterocycles. The number of carbonyl (C=O) groups is 3. The zero-order valence-corrected chi connectivity index (χ0v) is 22.9. The molecule has 2 radical (unpaired) electrons. The van der Waals surface area contributed by atoms with E-state index in [4.69, 9.17) is 7.98 Å². The molecule has 0 unspecified atom stereocenters. The fourth-order valence-electron chi connectivity index (χ4n) is 5.94. The van der Waals surface area contributed by atoms with Gasteiger partial charge in [0.2, 0.25) is 17.7 Å². The van der Waals surface area contributed by atoms with E-state index in [-0.39, 0.29) is 35.7 Å². The summed E-state index contributed by atoms with van der Waals surface area (Å²) >= 11 is 0. The minimum absolute atomic E-state index is 0.0271. The topological polar surface area (TPSA) is 103 Å². The molecule has 2 aliphatic heterocycles. The van der Waals surface area contributed by atoms with E-state index in [2.05, 4.69) is 21.2 Å². The standard InChI is InChI=1S/C30H40BN5O3/c1-3-24(35-31)28(37)34-27-22(19-32-4-2)15-16-23-17-18-25(36(23)30(27)39)29(38)33-26(20-11-7-5-8-12-20)21-13-9-6-10-14-21/h5-14,22-27,32,35H,3-4,15-19H2,1-2H3,(H,33,38)(H,34,37)/t22-,23+,24+,25+,27+/m1/s1. The molecule has 39 heavy (non-hydrogen) atoms. The molecule has 2 fully saturated rings. The molecule has 2 aliphatic rings. The third kappa shape index (κ3) is 6.71. The van der Waals surface area contributed by atoms with Gasteiger partial charge < -0.3 is 26.1 Å². The molecule has 8 nitrogen and oxygen atoms in total. The third-order valence-corrected chi connectivity index (χ3v) is 8.10. The van der Waals surface area contributed by atoms with E-state index >= 15 is 0 Å². The third-order valence-electron chi connectivity index (χ3n) is 8.10. The average molecular weight is 529 g/mol. The van der Waals surface area contributed by atoms with E-state index in [9.17, 15) is 14.4 Å². The predicted octanol–water partition coefficient (Wildman–Crippen LogP) is 2.21. The monoisotopic (exact) mass is 529 g/mol. The number of rotatable bonds is 11. The van der Waals surface area contributed by atoms with Gasteiger partial charge in [0.1, 0.15) is 12.1 Å². The molecule has 4 rings (SSSR count). The van der Waals surface area contributed by atoms with Crippen molar-refractivity contribution in [3.05, 3.63) is 71.8 Å². The summed E-state index contributed by atoms with van der Waals surface area (Å²) in [6, 6.07) is 17.5. The molecule has 2 heterocycles. The first-order valence-corrected chi connectivity index (χ1v) is 14.2. The van der Waals surface area contributed by atoms with Gasteiger partial charge in [-0.2, -0.15) is 0 Å². The molecule has 0 saturated carbocycles. The normalized spacial score (nSPS) is 23.7. The van der Waals surface area contributed by atoms with Crippen LogP contribution in [0.25, 0.3) is 0 Å². The lowest BCUT2D eigenvalue weighted by molar-refractivity contribution is -0.143. The number of carbonyl (C=O) groups excluding carboxylic acids is 3. The second-order valence-corrected chi connectivity index (χ2v) is 10.5. The highest BCUT2D eigenvalue weighted by Gasteiger charge is 2.47. The molecular formula is C30H40BN5O3. The summed E-state index contributed by atoms with van der Waals surface area (Å²) in [5, 5.41) is 12.1. The predicted molar refractivity (Wildman–Crippen MR) is 153 cm³/mol. The first kappa shape index (κ1) is 28.8. The van der Waals surface area contributed by atoms with E-state index in [0.29, 0.717) is 19.4 Å². The number of hydrogen-bond acceptors (Lipinski definition) is 5. The van der Waals surface area contributed by atoms with E-state index in [1.807, 2.05) is 74.5 Å². The summed E-state index contributed by atoms with van der Waals surface area (Å²) in [6.07, 6.45) is 3.44. The maximum atomic E-state index is 14.1. The van der Waals surface area contributed by atoms with Crippen molar-refractivity contribution in [2.45, 2.75) is 76.2 Å². The van der Waals surface area contributed by atoms with Crippen LogP contribution in [0.3, 0.4) is 0 Å². The van der Waals surface area contributed by atoms with Crippen molar-refractivity contribution < 1.29 is 14.4 Å². The van der Waals surface area contributed by atoms with Gasteiger partial charge in [0.15, 0.2) is 7.98 Å². The maximum absolute atomic E-state index is 14.1. The molecule has 5 atom stereocenters. The Morgan fingerprint density at radius 2 is 1.56 bits per heavy atom. The molecule has 3 amide bonds. The lowest BCUT2D eigenvalue weighted by Gasteiger charge is -2.33. The highest BCUT2D eigenvalue weighted by atomic mass is 16.2. The smallest absolute Gasteiger partial charge is 0.246 e. The van der Waals surface area contributed by atoms with Crippen molar-refractivity contribution in [2.24, 2.45) is 5.92 Å². The highest BCUT2D eigenvalue weighted by Crippen LogP contribution is 2.34. The number of amides is 3. The Morgan fingerprint density at radius 1 is 0.949 bits per heavy atom. The molecule has 206 valence electrons. The molecular weight excluding hydrogens is 489 g/mol. The van der Waals surface area contributed by atoms with Crippen molar-refractivity contribution in [3.8, 4) is 0 Å². The van der Waals surface area contributed by atoms with Gasteiger partial charge in [0.25, 0.3) is 0 Å². The summed E-state index contributed by atoms with van der Waals surface area (Å²) in [6.45, 7) is 5.27. The number of nitrogens with one attached hydrogen (secondary N) is 4. The number of benzene rings is 2. The Kier molecular flexibility index (Phi) is 10.2. The summed E-state index contributed by atoms with van der Waals surface area (Å²) < 4.78 is 0. The largest absolute Gasteiger partial charge is 0.356 e. The zero-order chi connectivity index (χ0) is 27.8. The van der Waals surface area contributed by atoms with Crippen molar-refractivity contribution in [1.29, 1.82) is 0 Å². The quantitative estimate of drug-likeness (QED) is 0.335. The second kappa shape index (κ2) is 13.8. The molecule has 0 spiro atoms. The first-order chi connectivity index (χ1) is 19.0. The van der Waals surface area contributed by atoms with Gasteiger partial charge >= 0.3 is 0 Å². The summed E-state index contributed by atoms with van der Waals surface area (Å²) in [5.41, 5.74) is 1.95. The Morgan fingerprint density at radius 3 is 2.13 bits per heavy atom. The van der Waals surface area contributed by atoms with Crippen LogP contribution in [0.5, 0.6) is 0 Å². The maximum Gasteiger partial charge on any atom is 0.246 e.